The lowest BCUT2D eigenvalue weighted by Gasteiger charge is -2.26. The lowest BCUT2D eigenvalue weighted by Crippen LogP contribution is -2.42. The highest BCUT2D eigenvalue weighted by Gasteiger charge is 2.32. The second kappa shape index (κ2) is 11.2. The topological polar surface area (TPSA) is 133 Å². The van der Waals surface area contributed by atoms with E-state index in [2.05, 4.69) is 25.9 Å². The van der Waals surface area contributed by atoms with Gasteiger partial charge in [-0.3, -0.25) is 24.2 Å². The molecule has 0 bridgehead atoms. The van der Waals surface area contributed by atoms with Crippen molar-refractivity contribution in [3.05, 3.63) is 113 Å². The lowest BCUT2D eigenvalue weighted by atomic mass is 10.1. The molecule has 5 rings (SSSR count). The zero-order valence-electron chi connectivity index (χ0n) is 21.8. The first-order valence-corrected chi connectivity index (χ1v) is 12.6. The van der Waals surface area contributed by atoms with Gasteiger partial charge in [-0.15, -0.1) is 0 Å². The van der Waals surface area contributed by atoms with E-state index in [9.17, 15) is 19.2 Å². The van der Waals surface area contributed by atoms with Gasteiger partial charge in [0.05, 0.1) is 11.3 Å². The Bertz CT molecular complexity index is 1590. The number of anilines is 3. The van der Waals surface area contributed by atoms with Crippen LogP contribution in [0, 0.1) is 6.92 Å². The molecule has 1 aliphatic rings. The SMILES string of the molecule is Cc1ccc(NC(=O)c2ccc(CN3C(=O)c4ccc(NC(=O)c5ccccn5)cc4NC(=O)C3C)cc2)nc1. The number of carbonyl (C=O) groups is 4. The molecule has 10 nitrogen and oxygen atoms in total. The van der Waals surface area contributed by atoms with Crippen LogP contribution in [0.2, 0.25) is 0 Å². The van der Waals surface area contributed by atoms with Crippen LogP contribution in [-0.2, 0) is 11.3 Å². The lowest BCUT2D eigenvalue weighted by molar-refractivity contribution is -0.120. The summed E-state index contributed by atoms with van der Waals surface area (Å²) < 4.78 is 0. The second-order valence-corrected chi connectivity index (χ2v) is 9.40. The molecule has 0 aliphatic carbocycles. The van der Waals surface area contributed by atoms with Crippen molar-refractivity contribution in [1.82, 2.24) is 14.9 Å². The highest BCUT2D eigenvalue weighted by atomic mass is 16.2. The predicted octanol–water partition coefficient (Wildman–Crippen LogP) is 4.27. The number of amides is 4. The second-order valence-electron chi connectivity index (χ2n) is 9.40. The minimum atomic E-state index is -0.762. The van der Waals surface area contributed by atoms with E-state index in [1.807, 2.05) is 13.0 Å². The van der Waals surface area contributed by atoms with Gasteiger partial charge >= 0.3 is 0 Å². The molecule has 1 aliphatic heterocycles. The van der Waals surface area contributed by atoms with Crippen LogP contribution in [0.1, 0.15) is 49.3 Å². The van der Waals surface area contributed by atoms with Crippen molar-refractivity contribution in [1.29, 1.82) is 0 Å². The molecule has 0 saturated carbocycles. The molecular formula is C30H26N6O4. The zero-order valence-corrected chi connectivity index (χ0v) is 21.8. The third-order valence-electron chi connectivity index (χ3n) is 6.49. The van der Waals surface area contributed by atoms with Gasteiger partial charge < -0.3 is 20.9 Å². The molecule has 1 atom stereocenters. The fraction of sp³-hybridized carbons (Fsp3) is 0.133. The number of carbonyl (C=O) groups excluding carboxylic acids is 4. The van der Waals surface area contributed by atoms with Gasteiger partial charge in [-0.05, 0) is 73.5 Å². The summed E-state index contributed by atoms with van der Waals surface area (Å²) >= 11 is 0. The molecule has 3 heterocycles. The minimum Gasteiger partial charge on any atom is -0.323 e. The zero-order chi connectivity index (χ0) is 28.2. The van der Waals surface area contributed by atoms with E-state index >= 15 is 0 Å². The minimum absolute atomic E-state index is 0.159. The number of pyridine rings is 2. The number of aryl methyl sites for hydroxylation is 1. The fourth-order valence-corrected chi connectivity index (χ4v) is 4.21. The monoisotopic (exact) mass is 534 g/mol. The Labute approximate surface area is 230 Å². The fourth-order valence-electron chi connectivity index (χ4n) is 4.21. The Balaban J connectivity index is 1.30. The van der Waals surface area contributed by atoms with Crippen molar-refractivity contribution in [3.8, 4) is 0 Å². The average molecular weight is 535 g/mol. The van der Waals surface area contributed by atoms with Crippen LogP contribution in [0.5, 0.6) is 0 Å². The summed E-state index contributed by atoms with van der Waals surface area (Å²) in [5.41, 5.74) is 3.44. The molecule has 4 aromatic rings. The van der Waals surface area contributed by atoms with Crippen molar-refractivity contribution in [2.24, 2.45) is 0 Å². The quantitative estimate of drug-likeness (QED) is 0.338. The molecule has 40 heavy (non-hydrogen) atoms. The van der Waals surface area contributed by atoms with Gasteiger partial charge in [-0.1, -0.05) is 24.3 Å². The van der Waals surface area contributed by atoms with Gasteiger partial charge in [0.15, 0.2) is 0 Å². The molecule has 2 aromatic carbocycles. The smallest absolute Gasteiger partial charge is 0.274 e. The van der Waals surface area contributed by atoms with Gasteiger partial charge in [-0.25, -0.2) is 4.98 Å². The van der Waals surface area contributed by atoms with Gasteiger partial charge in [0.25, 0.3) is 17.7 Å². The van der Waals surface area contributed by atoms with Crippen LogP contribution in [0.3, 0.4) is 0 Å². The number of nitrogens with zero attached hydrogens (tertiary/aromatic N) is 3. The summed E-state index contributed by atoms with van der Waals surface area (Å²) in [4.78, 5) is 61.3. The third kappa shape index (κ3) is 5.70. The van der Waals surface area contributed by atoms with Gasteiger partial charge in [-0.2, -0.15) is 0 Å². The van der Waals surface area contributed by atoms with Crippen molar-refractivity contribution in [3.63, 3.8) is 0 Å². The van der Waals surface area contributed by atoms with Crippen molar-refractivity contribution < 1.29 is 19.2 Å². The number of rotatable bonds is 6. The molecule has 3 N–H and O–H groups in total. The largest absolute Gasteiger partial charge is 0.323 e. The number of aromatic nitrogens is 2. The number of hydrogen-bond acceptors (Lipinski definition) is 6. The van der Waals surface area contributed by atoms with E-state index in [1.165, 1.54) is 11.1 Å². The molecular weight excluding hydrogens is 508 g/mol. The van der Waals surface area contributed by atoms with E-state index in [4.69, 9.17) is 0 Å². The summed E-state index contributed by atoms with van der Waals surface area (Å²) in [6.45, 7) is 3.73. The molecule has 4 amide bonds. The van der Waals surface area contributed by atoms with Gasteiger partial charge in [0.2, 0.25) is 5.91 Å². The Morgan fingerprint density at radius 2 is 1.73 bits per heavy atom. The first kappa shape index (κ1) is 26.2. The number of fused-ring (bicyclic) bond motifs is 1. The summed E-state index contributed by atoms with van der Waals surface area (Å²) in [5.74, 6) is -0.958. The van der Waals surface area contributed by atoms with Crippen molar-refractivity contribution >= 4 is 40.8 Å². The first-order valence-electron chi connectivity index (χ1n) is 12.6. The van der Waals surface area contributed by atoms with Crippen LogP contribution < -0.4 is 16.0 Å². The maximum absolute atomic E-state index is 13.5. The first-order chi connectivity index (χ1) is 19.3. The Morgan fingerprint density at radius 3 is 2.42 bits per heavy atom. The van der Waals surface area contributed by atoms with E-state index in [0.29, 0.717) is 28.3 Å². The van der Waals surface area contributed by atoms with Crippen LogP contribution in [0.4, 0.5) is 17.2 Å². The number of hydrogen-bond donors (Lipinski definition) is 3. The number of nitrogens with one attached hydrogen (secondary N) is 3. The van der Waals surface area contributed by atoms with E-state index in [0.717, 1.165) is 11.1 Å². The van der Waals surface area contributed by atoms with E-state index < -0.39 is 11.9 Å². The standard InChI is InChI=1S/C30H26N6O4/c1-18-6-13-26(32-16-18)35-28(38)21-9-7-20(8-10-21)17-36-19(2)27(37)34-25-15-22(11-12-23(25)30(36)40)33-29(39)24-5-3-4-14-31-24/h3-16,19H,17H2,1-2H3,(H,33,39)(H,34,37)(H,32,35,38). The maximum Gasteiger partial charge on any atom is 0.274 e. The molecule has 0 spiro atoms. The molecule has 10 heteroatoms. The van der Waals surface area contributed by atoms with E-state index in [-0.39, 0.29) is 30.0 Å². The highest BCUT2D eigenvalue weighted by Crippen LogP contribution is 2.28. The molecule has 0 radical (unpaired) electrons. The normalized spacial score (nSPS) is 14.6. The summed E-state index contributed by atoms with van der Waals surface area (Å²) in [6.07, 6.45) is 3.19. The Kier molecular flexibility index (Phi) is 7.32. The summed E-state index contributed by atoms with van der Waals surface area (Å²) in [7, 11) is 0. The van der Waals surface area contributed by atoms with Gasteiger partial charge in [0, 0.05) is 30.2 Å². The maximum atomic E-state index is 13.5. The van der Waals surface area contributed by atoms with Crippen LogP contribution >= 0.6 is 0 Å². The number of benzene rings is 2. The van der Waals surface area contributed by atoms with Crippen LogP contribution in [0.25, 0.3) is 0 Å². The van der Waals surface area contributed by atoms with Gasteiger partial charge in [0.1, 0.15) is 17.6 Å². The molecule has 1 unspecified atom stereocenters. The summed E-state index contributed by atoms with van der Waals surface area (Å²) in [6, 6.07) is 19.4. The molecule has 2 aromatic heterocycles. The van der Waals surface area contributed by atoms with E-state index in [1.54, 1.807) is 79.9 Å². The van der Waals surface area contributed by atoms with Crippen molar-refractivity contribution in [2.45, 2.75) is 26.4 Å². The van der Waals surface area contributed by atoms with Crippen molar-refractivity contribution in [2.75, 3.05) is 16.0 Å². The third-order valence-corrected chi connectivity index (χ3v) is 6.49. The highest BCUT2D eigenvalue weighted by molar-refractivity contribution is 6.11. The summed E-state index contributed by atoms with van der Waals surface area (Å²) in [5, 5.41) is 8.29. The Morgan fingerprint density at radius 1 is 0.925 bits per heavy atom. The molecule has 0 saturated heterocycles. The Hall–Kier alpha value is -5.38. The van der Waals surface area contributed by atoms with Crippen LogP contribution in [-0.4, -0.2) is 44.5 Å². The molecule has 0 fully saturated rings. The predicted molar refractivity (Wildman–Crippen MR) is 150 cm³/mol. The molecule has 200 valence electrons. The van der Waals surface area contributed by atoms with Crippen LogP contribution in [0.15, 0.2) is 85.2 Å². The average Bonchev–Trinajstić information content (AvgIpc) is 3.05.